The van der Waals surface area contributed by atoms with Gasteiger partial charge in [-0.15, -0.1) is 10.2 Å². The van der Waals surface area contributed by atoms with E-state index in [0.717, 1.165) is 20.5 Å². The second-order valence-electron chi connectivity index (χ2n) is 3.54. The fraction of sp³-hybridized carbons (Fsp3) is 0.300. The van der Waals surface area contributed by atoms with E-state index in [0.29, 0.717) is 13.1 Å². The molecule has 0 radical (unpaired) electrons. The van der Waals surface area contributed by atoms with Gasteiger partial charge in [-0.1, -0.05) is 0 Å². The lowest BCUT2D eigenvalue weighted by atomic mass is 10.3. The van der Waals surface area contributed by atoms with Crippen LogP contribution < -0.4 is 5.32 Å². The third kappa shape index (κ3) is 3.34. The minimum atomic E-state index is 0.667. The minimum Gasteiger partial charge on any atom is -0.320 e. The summed E-state index contributed by atoms with van der Waals surface area (Å²) in [5, 5.41) is 11.1. The lowest BCUT2D eigenvalue weighted by molar-refractivity contribution is 0.627. The van der Waals surface area contributed by atoms with Crippen molar-refractivity contribution in [2.45, 2.75) is 13.1 Å². The Balaban J connectivity index is 1.92. The fourth-order valence-electron chi connectivity index (χ4n) is 1.33. The summed E-state index contributed by atoms with van der Waals surface area (Å²) < 4.78 is 3.83. The van der Waals surface area contributed by atoms with E-state index in [1.807, 2.05) is 17.7 Å². The highest BCUT2D eigenvalue weighted by Gasteiger charge is 2.04. The summed E-state index contributed by atoms with van der Waals surface area (Å²) in [6.45, 7) is 1.35. The molecular formula is C10H11Br2N5. The Morgan fingerprint density at radius 3 is 2.82 bits per heavy atom. The van der Waals surface area contributed by atoms with Crippen molar-refractivity contribution in [2.75, 3.05) is 0 Å². The Hall–Kier alpha value is -0.790. The van der Waals surface area contributed by atoms with Crippen LogP contribution in [0.1, 0.15) is 11.5 Å². The normalized spacial score (nSPS) is 10.8. The van der Waals surface area contributed by atoms with Gasteiger partial charge in [0.1, 0.15) is 12.2 Å². The Morgan fingerprint density at radius 2 is 2.18 bits per heavy atom. The van der Waals surface area contributed by atoms with E-state index in [1.54, 1.807) is 12.5 Å². The first kappa shape index (κ1) is 12.7. The maximum absolute atomic E-state index is 4.32. The predicted octanol–water partition coefficient (Wildman–Crippen LogP) is 2.02. The van der Waals surface area contributed by atoms with Crippen LogP contribution in [0.3, 0.4) is 0 Å². The molecule has 7 heteroatoms. The van der Waals surface area contributed by atoms with Gasteiger partial charge in [0.15, 0.2) is 0 Å². The van der Waals surface area contributed by atoms with Gasteiger partial charge < -0.3 is 9.88 Å². The molecule has 0 aromatic carbocycles. The van der Waals surface area contributed by atoms with Crippen molar-refractivity contribution < 1.29 is 0 Å². The molecule has 0 aliphatic carbocycles. The Bertz CT molecular complexity index is 511. The maximum Gasteiger partial charge on any atom is 0.146 e. The molecule has 2 rings (SSSR count). The topological polar surface area (TPSA) is 55.6 Å². The summed E-state index contributed by atoms with van der Waals surface area (Å²) in [6, 6.07) is 1.98. The molecule has 0 saturated carbocycles. The molecule has 0 fully saturated rings. The number of nitrogens with one attached hydrogen (secondary N) is 1. The molecule has 0 bridgehead atoms. The van der Waals surface area contributed by atoms with Crippen LogP contribution in [0, 0.1) is 0 Å². The molecule has 2 aromatic heterocycles. The van der Waals surface area contributed by atoms with Gasteiger partial charge in [0.2, 0.25) is 0 Å². The van der Waals surface area contributed by atoms with Crippen molar-refractivity contribution in [3.05, 3.63) is 39.1 Å². The fourth-order valence-corrected chi connectivity index (χ4v) is 2.46. The van der Waals surface area contributed by atoms with Crippen LogP contribution in [-0.4, -0.2) is 19.7 Å². The molecular weight excluding hydrogens is 350 g/mol. The molecule has 90 valence electrons. The van der Waals surface area contributed by atoms with Crippen LogP contribution >= 0.6 is 31.9 Å². The van der Waals surface area contributed by atoms with Gasteiger partial charge in [-0.2, -0.15) is 0 Å². The van der Waals surface area contributed by atoms with E-state index in [2.05, 4.69) is 52.4 Å². The average molecular weight is 361 g/mol. The van der Waals surface area contributed by atoms with E-state index in [9.17, 15) is 0 Å². The SMILES string of the molecule is Cn1cnnc1CNCc1ncc(Br)cc1Br. The molecule has 2 heterocycles. The molecule has 0 spiro atoms. The van der Waals surface area contributed by atoms with Crippen LogP contribution in [0.2, 0.25) is 0 Å². The van der Waals surface area contributed by atoms with E-state index in [-0.39, 0.29) is 0 Å². The summed E-state index contributed by atoms with van der Waals surface area (Å²) in [6.07, 6.45) is 3.47. The zero-order valence-electron chi connectivity index (χ0n) is 9.19. The standard InChI is InChI=1S/C10H11Br2N5/c1-17-6-15-16-10(17)5-13-4-9-8(12)2-7(11)3-14-9/h2-3,6,13H,4-5H2,1H3. The number of hydrogen-bond donors (Lipinski definition) is 1. The first-order chi connectivity index (χ1) is 8.16. The largest absolute Gasteiger partial charge is 0.320 e. The maximum atomic E-state index is 4.32. The molecule has 0 amide bonds. The highest BCUT2D eigenvalue weighted by molar-refractivity contribution is 9.11. The van der Waals surface area contributed by atoms with Crippen molar-refractivity contribution in [3.8, 4) is 0 Å². The summed E-state index contributed by atoms with van der Waals surface area (Å²) in [4.78, 5) is 4.32. The van der Waals surface area contributed by atoms with Crippen LogP contribution in [-0.2, 0) is 20.1 Å². The first-order valence-electron chi connectivity index (χ1n) is 5.00. The quantitative estimate of drug-likeness (QED) is 0.906. The monoisotopic (exact) mass is 359 g/mol. The molecule has 0 aliphatic heterocycles. The van der Waals surface area contributed by atoms with Gasteiger partial charge >= 0.3 is 0 Å². The van der Waals surface area contributed by atoms with Crippen molar-refractivity contribution in [3.63, 3.8) is 0 Å². The van der Waals surface area contributed by atoms with E-state index >= 15 is 0 Å². The number of rotatable bonds is 4. The molecule has 0 saturated heterocycles. The Kier molecular flexibility index (Phi) is 4.25. The third-order valence-corrected chi connectivity index (χ3v) is 3.38. The van der Waals surface area contributed by atoms with E-state index in [4.69, 9.17) is 0 Å². The van der Waals surface area contributed by atoms with Crippen molar-refractivity contribution >= 4 is 31.9 Å². The number of aromatic nitrogens is 4. The first-order valence-corrected chi connectivity index (χ1v) is 6.59. The number of aryl methyl sites for hydroxylation is 1. The number of pyridine rings is 1. The van der Waals surface area contributed by atoms with Gasteiger partial charge in [0.25, 0.3) is 0 Å². The molecule has 0 unspecified atom stereocenters. The highest BCUT2D eigenvalue weighted by atomic mass is 79.9. The zero-order chi connectivity index (χ0) is 12.3. The molecule has 0 aliphatic rings. The second kappa shape index (κ2) is 5.70. The number of nitrogens with zero attached hydrogens (tertiary/aromatic N) is 4. The van der Waals surface area contributed by atoms with Crippen LogP contribution in [0.25, 0.3) is 0 Å². The average Bonchev–Trinajstić information content (AvgIpc) is 2.68. The van der Waals surface area contributed by atoms with Gasteiger partial charge in [-0.25, -0.2) is 0 Å². The van der Waals surface area contributed by atoms with Crippen LogP contribution in [0.15, 0.2) is 27.5 Å². The van der Waals surface area contributed by atoms with Crippen LogP contribution in [0.5, 0.6) is 0 Å². The van der Waals surface area contributed by atoms with Gasteiger partial charge in [0.05, 0.1) is 12.2 Å². The number of hydrogen-bond acceptors (Lipinski definition) is 4. The van der Waals surface area contributed by atoms with Gasteiger partial charge in [-0.05, 0) is 37.9 Å². The van der Waals surface area contributed by atoms with E-state index in [1.165, 1.54) is 0 Å². The lowest BCUT2D eigenvalue weighted by Gasteiger charge is -2.06. The van der Waals surface area contributed by atoms with Crippen molar-refractivity contribution in [1.82, 2.24) is 25.1 Å². The Morgan fingerprint density at radius 1 is 1.35 bits per heavy atom. The van der Waals surface area contributed by atoms with Gasteiger partial charge in [0, 0.05) is 28.7 Å². The minimum absolute atomic E-state index is 0.667. The lowest BCUT2D eigenvalue weighted by Crippen LogP contribution is -2.16. The number of halogens is 2. The molecule has 0 atom stereocenters. The van der Waals surface area contributed by atoms with Crippen molar-refractivity contribution in [2.24, 2.45) is 7.05 Å². The summed E-state index contributed by atoms with van der Waals surface area (Å²) in [7, 11) is 1.92. The molecule has 5 nitrogen and oxygen atoms in total. The van der Waals surface area contributed by atoms with E-state index < -0.39 is 0 Å². The summed E-state index contributed by atoms with van der Waals surface area (Å²) in [5.74, 6) is 0.901. The van der Waals surface area contributed by atoms with Gasteiger partial charge in [-0.3, -0.25) is 4.98 Å². The van der Waals surface area contributed by atoms with Crippen molar-refractivity contribution in [1.29, 1.82) is 0 Å². The summed E-state index contributed by atoms with van der Waals surface area (Å²) in [5.41, 5.74) is 0.968. The third-order valence-electron chi connectivity index (χ3n) is 2.26. The molecule has 17 heavy (non-hydrogen) atoms. The highest BCUT2D eigenvalue weighted by Crippen LogP contribution is 2.19. The predicted molar refractivity (Wildman–Crippen MR) is 71.2 cm³/mol. The molecule has 1 N–H and O–H groups in total. The Labute approximate surface area is 116 Å². The second-order valence-corrected chi connectivity index (χ2v) is 5.31. The summed E-state index contributed by atoms with van der Waals surface area (Å²) >= 11 is 6.85. The van der Waals surface area contributed by atoms with Crippen LogP contribution in [0.4, 0.5) is 0 Å². The smallest absolute Gasteiger partial charge is 0.146 e. The zero-order valence-corrected chi connectivity index (χ0v) is 12.4. The molecule has 2 aromatic rings.